The van der Waals surface area contributed by atoms with E-state index in [0.717, 1.165) is 22.9 Å². The highest BCUT2D eigenvalue weighted by Crippen LogP contribution is 2.33. The summed E-state index contributed by atoms with van der Waals surface area (Å²) in [4.78, 5) is 14.4. The van der Waals surface area contributed by atoms with E-state index in [1.165, 1.54) is 0 Å². The normalized spacial score (nSPS) is 18.1. The summed E-state index contributed by atoms with van der Waals surface area (Å²) in [6.07, 6.45) is 1.91. The highest BCUT2D eigenvalue weighted by Gasteiger charge is 2.37. The fourth-order valence-corrected chi connectivity index (χ4v) is 3.44. The number of piperidine rings is 1. The number of halogens is 1. The van der Waals surface area contributed by atoms with Gasteiger partial charge in [0.05, 0.1) is 11.5 Å². The first kappa shape index (κ1) is 19.9. The van der Waals surface area contributed by atoms with Gasteiger partial charge in [0.15, 0.2) is 0 Å². The van der Waals surface area contributed by atoms with E-state index in [4.69, 9.17) is 10.1 Å². The van der Waals surface area contributed by atoms with Crippen LogP contribution in [0.4, 0.5) is 4.79 Å². The fraction of sp³-hybridized carbons (Fsp3) is 0.579. The Hall–Kier alpha value is -1.40. The van der Waals surface area contributed by atoms with Crippen LogP contribution in [0.15, 0.2) is 28.7 Å². The summed E-state index contributed by atoms with van der Waals surface area (Å²) in [6, 6.07) is 7.77. The SMILES string of the molecule is COC1CCN(C(=O)NC(=N)C(C)(c2ccc(Br)cc2)C(C)C)CC1. The van der Waals surface area contributed by atoms with Crippen LogP contribution >= 0.6 is 15.9 Å². The Morgan fingerprint density at radius 1 is 1.32 bits per heavy atom. The van der Waals surface area contributed by atoms with Gasteiger partial charge in [-0.3, -0.25) is 10.7 Å². The van der Waals surface area contributed by atoms with E-state index in [9.17, 15) is 4.79 Å². The van der Waals surface area contributed by atoms with Gasteiger partial charge < -0.3 is 9.64 Å². The topological polar surface area (TPSA) is 65.4 Å². The molecule has 5 nitrogen and oxygen atoms in total. The summed E-state index contributed by atoms with van der Waals surface area (Å²) < 4.78 is 6.35. The maximum atomic E-state index is 12.6. The van der Waals surface area contributed by atoms with Gasteiger partial charge in [0.1, 0.15) is 5.84 Å². The third kappa shape index (κ3) is 4.42. The molecule has 0 aromatic heterocycles. The van der Waals surface area contributed by atoms with Crippen LogP contribution in [-0.2, 0) is 10.2 Å². The van der Waals surface area contributed by atoms with Gasteiger partial charge in [-0.15, -0.1) is 0 Å². The van der Waals surface area contributed by atoms with Crippen molar-refractivity contribution in [2.75, 3.05) is 20.2 Å². The molecule has 0 radical (unpaired) electrons. The van der Waals surface area contributed by atoms with Crippen molar-refractivity contribution in [2.24, 2.45) is 5.92 Å². The first-order valence-corrected chi connectivity index (χ1v) is 9.52. The molecule has 138 valence electrons. The molecule has 2 rings (SSSR count). The first-order chi connectivity index (χ1) is 11.8. The number of amides is 2. The summed E-state index contributed by atoms with van der Waals surface area (Å²) in [5.74, 6) is 0.407. The van der Waals surface area contributed by atoms with E-state index < -0.39 is 5.41 Å². The number of hydrogen-bond donors (Lipinski definition) is 2. The Balaban J connectivity index is 2.10. The number of urea groups is 1. The summed E-state index contributed by atoms with van der Waals surface area (Å²) in [7, 11) is 1.71. The minimum atomic E-state index is -0.554. The van der Waals surface area contributed by atoms with Crippen molar-refractivity contribution in [2.45, 2.75) is 45.1 Å². The zero-order valence-corrected chi connectivity index (χ0v) is 17.0. The van der Waals surface area contributed by atoms with Gasteiger partial charge in [-0.25, -0.2) is 4.79 Å². The monoisotopic (exact) mass is 409 g/mol. The zero-order chi connectivity index (χ0) is 18.6. The molecule has 1 aliphatic heterocycles. The lowest BCUT2D eigenvalue weighted by Crippen LogP contribution is -2.53. The van der Waals surface area contributed by atoms with Crippen LogP contribution in [-0.4, -0.2) is 43.1 Å². The van der Waals surface area contributed by atoms with Gasteiger partial charge in [0.2, 0.25) is 0 Å². The molecular weight excluding hydrogens is 382 g/mol. The molecule has 1 unspecified atom stereocenters. The van der Waals surface area contributed by atoms with Crippen molar-refractivity contribution in [3.05, 3.63) is 34.3 Å². The molecular formula is C19H28BrN3O2. The second-order valence-corrected chi connectivity index (χ2v) is 8.01. The Morgan fingerprint density at radius 2 is 1.88 bits per heavy atom. The third-order valence-electron chi connectivity index (χ3n) is 5.41. The zero-order valence-electron chi connectivity index (χ0n) is 15.4. The lowest BCUT2D eigenvalue weighted by Gasteiger charge is -2.37. The van der Waals surface area contributed by atoms with Gasteiger partial charge in [-0.1, -0.05) is 41.9 Å². The van der Waals surface area contributed by atoms with E-state index >= 15 is 0 Å². The number of nitrogens with zero attached hydrogens (tertiary/aromatic N) is 1. The molecule has 0 saturated carbocycles. The molecule has 0 bridgehead atoms. The average Bonchev–Trinajstić information content (AvgIpc) is 2.61. The number of amidine groups is 1. The molecule has 2 amide bonds. The van der Waals surface area contributed by atoms with Crippen LogP contribution < -0.4 is 5.32 Å². The van der Waals surface area contributed by atoms with Crippen molar-refractivity contribution in [3.8, 4) is 0 Å². The Bertz CT molecular complexity index is 610. The van der Waals surface area contributed by atoms with Crippen LogP contribution in [0.5, 0.6) is 0 Å². The van der Waals surface area contributed by atoms with Crippen LogP contribution in [0.1, 0.15) is 39.2 Å². The molecule has 1 aromatic carbocycles. The number of carbonyl (C=O) groups excluding carboxylic acids is 1. The molecule has 1 aliphatic rings. The van der Waals surface area contributed by atoms with Gasteiger partial charge in [0, 0.05) is 24.7 Å². The number of likely N-dealkylation sites (tertiary alicyclic amines) is 1. The van der Waals surface area contributed by atoms with E-state index in [1.54, 1.807) is 12.0 Å². The van der Waals surface area contributed by atoms with Crippen molar-refractivity contribution in [3.63, 3.8) is 0 Å². The second-order valence-electron chi connectivity index (χ2n) is 7.09. The summed E-state index contributed by atoms with van der Waals surface area (Å²) in [5.41, 5.74) is 0.468. The van der Waals surface area contributed by atoms with Crippen LogP contribution in [0.2, 0.25) is 0 Å². The maximum absolute atomic E-state index is 12.6. The van der Waals surface area contributed by atoms with Crippen molar-refractivity contribution in [1.29, 1.82) is 5.41 Å². The smallest absolute Gasteiger partial charge is 0.322 e. The molecule has 1 heterocycles. The van der Waals surface area contributed by atoms with E-state index in [0.29, 0.717) is 13.1 Å². The van der Waals surface area contributed by atoms with Gasteiger partial charge in [-0.2, -0.15) is 0 Å². The van der Waals surface area contributed by atoms with E-state index in [-0.39, 0.29) is 23.9 Å². The molecule has 1 aromatic rings. The molecule has 1 saturated heterocycles. The molecule has 25 heavy (non-hydrogen) atoms. The number of rotatable bonds is 4. The molecule has 0 spiro atoms. The second kappa shape index (κ2) is 8.32. The number of carbonyl (C=O) groups is 1. The van der Waals surface area contributed by atoms with Gasteiger partial charge in [0.25, 0.3) is 0 Å². The highest BCUT2D eigenvalue weighted by atomic mass is 79.9. The standard InChI is InChI=1S/C19H28BrN3O2/c1-13(2)19(3,14-5-7-15(20)8-6-14)17(21)22-18(24)23-11-9-16(25-4)10-12-23/h5-8,13,16H,9-12H2,1-4H3,(H2,21,22,24). The van der Waals surface area contributed by atoms with E-state index in [2.05, 4.69) is 35.1 Å². The molecule has 6 heteroatoms. The maximum Gasteiger partial charge on any atom is 0.322 e. The minimum Gasteiger partial charge on any atom is -0.381 e. The molecule has 1 fully saturated rings. The van der Waals surface area contributed by atoms with E-state index in [1.807, 2.05) is 31.2 Å². The minimum absolute atomic E-state index is 0.167. The Morgan fingerprint density at radius 3 is 2.36 bits per heavy atom. The third-order valence-corrected chi connectivity index (χ3v) is 5.94. The predicted octanol–water partition coefficient (Wildman–Crippen LogP) is 4.16. The molecule has 0 aliphatic carbocycles. The van der Waals surface area contributed by atoms with Crippen LogP contribution in [0.25, 0.3) is 0 Å². The Labute approximate surface area is 158 Å². The average molecular weight is 410 g/mol. The number of nitrogens with one attached hydrogen (secondary N) is 2. The van der Waals surface area contributed by atoms with Crippen molar-refractivity contribution >= 4 is 27.8 Å². The number of benzene rings is 1. The first-order valence-electron chi connectivity index (χ1n) is 8.72. The number of hydrogen-bond acceptors (Lipinski definition) is 3. The van der Waals surface area contributed by atoms with Gasteiger partial charge >= 0.3 is 6.03 Å². The quantitative estimate of drug-likeness (QED) is 0.578. The van der Waals surface area contributed by atoms with Crippen LogP contribution in [0.3, 0.4) is 0 Å². The lowest BCUT2D eigenvalue weighted by atomic mass is 9.72. The summed E-state index contributed by atoms with van der Waals surface area (Å²) in [6.45, 7) is 7.49. The lowest BCUT2D eigenvalue weighted by molar-refractivity contribution is 0.0509. The fourth-order valence-electron chi connectivity index (χ4n) is 3.17. The van der Waals surface area contributed by atoms with Gasteiger partial charge in [-0.05, 0) is 43.4 Å². The largest absolute Gasteiger partial charge is 0.381 e. The summed E-state index contributed by atoms with van der Waals surface area (Å²) in [5, 5.41) is 11.4. The van der Waals surface area contributed by atoms with Crippen molar-refractivity contribution in [1.82, 2.24) is 10.2 Å². The highest BCUT2D eigenvalue weighted by molar-refractivity contribution is 9.10. The van der Waals surface area contributed by atoms with Crippen molar-refractivity contribution < 1.29 is 9.53 Å². The molecule has 1 atom stereocenters. The van der Waals surface area contributed by atoms with Crippen LogP contribution in [0, 0.1) is 11.3 Å². The number of ether oxygens (including phenoxy) is 1. The predicted molar refractivity (Wildman–Crippen MR) is 104 cm³/mol. The number of methoxy groups -OCH3 is 1. The summed E-state index contributed by atoms with van der Waals surface area (Å²) >= 11 is 3.45. The Kier molecular flexibility index (Phi) is 6.63. The molecule has 2 N–H and O–H groups in total.